The van der Waals surface area contributed by atoms with Crippen molar-refractivity contribution in [1.29, 1.82) is 0 Å². The third kappa shape index (κ3) is 4.37. The number of likely N-dealkylation sites (N-methyl/N-ethyl adjacent to an activating group) is 2. The lowest BCUT2D eigenvalue weighted by Gasteiger charge is -2.17. The smallest absolute Gasteiger partial charge is 0.142 e. The first kappa shape index (κ1) is 20.5. The van der Waals surface area contributed by atoms with E-state index < -0.39 is 0 Å². The third-order valence-corrected chi connectivity index (χ3v) is 5.51. The SMILES string of the molecule is Cc1cc2ccn(CCN(C)Cc3cn(CCN(C)C)c4ncc(F)cc34)c2cn1. The predicted molar refractivity (Wildman–Crippen MR) is 119 cm³/mol. The molecule has 0 aliphatic carbocycles. The summed E-state index contributed by atoms with van der Waals surface area (Å²) in [5.74, 6) is -0.293. The number of nitrogens with zero attached hydrogens (tertiary/aromatic N) is 6. The summed E-state index contributed by atoms with van der Waals surface area (Å²) in [7, 11) is 6.20. The molecule has 7 heteroatoms. The van der Waals surface area contributed by atoms with Crippen LogP contribution in [-0.2, 0) is 19.6 Å². The van der Waals surface area contributed by atoms with E-state index in [0.29, 0.717) is 0 Å². The Morgan fingerprint density at radius 3 is 2.60 bits per heavy atom. The van der Waals surface area contributed by atoms with Crippen molar-refractivity contribution in [3.05, 3.63) is 60.1 Å². The van der Waals surface area contributed by atoms with Gasteiger partial charge >= 0.3 is 0 Å². The molecular weight excluding hydrogens is 379 g/mol. The van der Waals surface area contributed by atoms with Crippen LogP contribution in [0.1, 0.15) is 11.3 Å². The third-order valence-electron chi connectivity index (χ3n) is 5.51. The molecule has 0 amide bonds. The fourth-order valence-electron chi connectivity index (χ4n) is 3.86. The minimum Gasteiger partial charge on any atom is -0.345 e. The summed E-state index contributed by atoms with van der Waals surface area (Å²) in [6.45, 7) is 6.24. The first-order chi connectivity index (χ1) is 14.4. The molecule has 4 aromatic heterocycles. The lowest BCUT2D eigenvalue weighted by atomic mass is 10.2. The average molecular weight is 409 g/mol. The Kier molecular flexibility index (Phi) is 5.83. The van der Waals surface area contributed by atoms with Gasteiger partial charge in [0.1, 0.15) is 11.5 Å². The second-order valence-corrected chi connectivity index (χ2v) is 8.31. The molecule has 0 aliphatic rings. The molecule has 158 valence electrons. The Balaban J connectivity index is 1.49. The second kappa shape index (κ2) is 8.53. The van der Waals surface area contributed by atoms with E-state index in [2.05, 4.69) is 74.6 Å². The van der Waals surface area contributed by atoms with Gasteiger partial charge in [-0.1, -0.05) is 0 Å². The van der Waals surface area contributed by atoms with Crippen LogP contribution in [0.2, 0.25) is 0 Å². The van der Waals surface area contributed by atoms with Crippen molar-refractivity contribution in [1.82, 2.24) is 28.9 Å². The zero-order valence-corrected chi connectivity index (χ0v) is 18.1. The molecule has 0 aromatic carbocycles. The van der Waals surface area contributed by atoms with E-state index in [0.717, 1.165) is 60.5 Å². The van der Waals surface area contributed by atoms with E-state index in [4.69, 9.17) is 0 Å². The second-order valence-electron chi connectivity index (χ2n) is 8.31. The van der Waals surface area contributed by atoms with Gasteiger partial charge in [0.05, 0.1) is 17.9 Å². The molecule has 0 radical (unpaired) electrons. The van der Waals surface area contributed by atoms with Crippen molar-refractivity contribution in [3.8, 4) is 0 Å². The molecule has 0 aliphatic heterocycles. The van der Waals surface area contributed by atoms with Gasteiger partial charge in [-0.3, -0.25) is 4.98 Å². The van der Waals surface area contributed by atoms with Crippen molar-refractivity contribution < 1.29 is 4.39 Å². The highest BCUT2D eigenvalue weighted by molar-refractivity contribution is 5.80. The fourth-order valence-corrected chi connectivity index (χ4v) is 3.86. The molecule has 30 heavy (non-hydrogen) atoms. The maximum atomic E-state index is 13.9. The summed E-state index contributed by atoms with van der Waals surface area (Å²) in [6, 6.07) is 5.85. The van der Waals surface area contributed by atoms with Gasteiger partial charge in [-0.25, -0.2) is 9.37 Å². The number of pyridine rings is 2. The highest BCUT2D eigenvalue weighted by atomic mass is 19.1. The van der Waals surface area contributed by atoms with Gasteiger partial charge in [-0.05, 0) is 51.8 Å². The number of hydrogen-bond acceptors (Lipinski definition) is 4. The fraction of sp³-hybridized carbons (Fsp3) is 0.391. The van der Waals surface area contributed by atoms with Crippen LogP contribution < -0.4 is 0 Å². The molecule has 0 saturated carbocycles. The van der Waals surface area contributed by atoms with E-state index in [1.54, 1.807) is 6.07 Å². The van der Waals surface area contributed by atoms with Crippen LogP contribution >= 0.6 is 0 Å². The quantitative estimate of drug-likeness (QED) is 0.447. The summed E-state index contributed by atoms with van der Waals surface area (Å²) < 4.78 is 18.3. The molecular formula is C23H29FN6. The molecule has 6 nitrogen and oxygen atoms in total. The predicted octanol–water partition coefficient (Wildman–Crippen LogP) is 3.53. The summed E-state index contributed by atoms with van der Waals surface area (Å²) >= 11 is 0. The molecule has 4 aromatic rings. The number of fused-ring (bicyclic) bond motifs is 2. The normalized spacial score (nSPS) is 12.1. The maximum absolute atomic E-state index is 13.9. The summed E-state index contributed by atoms with van der Waals surface area (Å²) in [6.07, 6.45) is 7.48. The van der Waals surface area contributed by atoms with Gasteiger partial charge in [0.25, 0.3) is 0 Å². The van der Waals surface area contributed by atoms with Crippen LogP contribution in [0.15, 0.2) is 43.0 Å². The van der Waals surface area contributed by atoms with Crippen molar-refractivity contribution in [2.24, 2.45) is 0 Å². The lowest BCUT2D eigenvalue weighted by Crippen LogP contribution is -2.22. The van der Waals surface area contributed by atoms with Gasteiger partial charge in [-0.2, -0.15) is 0 Å². The van der Waals surface area contributed by atoms with Crippen LogP contribution in [-0.4, -0.2) is 63.1 Å². The molecule has 0 N–H and O–H groups in total. The van der Waals surface area contributed by atoms with Gasteiger partial charge in [0.2, 0.25) is 0 Å². The Labute approximate surface area is 176 Å². The summed E-state index contributed by atoms with van der Waals surface area (Å²) in [5.41, 5.74) is 4.14. The van der Waals surface area contributed by atoms with Gasteiger partial charge in [0, 0.05) is 61.6 Å². The first-order valence-corrected chi connectivity index (χ1v) is 10.3. The number of hydrogen-bond donors (Lipinski definition) is 0. The zero-order valence-electron chi connectivity index (χ0n) is 18.1. The number of aromatic nitrogens is 4. The Morgan fingerprint density at radius 1 is 1.00 bits per heavy atom. The van der Waals surface area contributed by atoms with Crippen LogP contribution in [0, 0.1) is 12.7 Å². The Morgan fingerprint density at radius 2 is 1.80 bits per heavy atom. The molecule has 0 bridgehead atoms. The van der Waals surface area contributed by atoms with Crippen molar-refractivity contribution >= 4 is 21.9 Å². The molecule has 4 rings (SSSR count). The van der Waals surface area contributed by atoms with Crippen molar-refractivity contribution in [2.45, 2.75) is 26.6 Å². The van der Waals surface area contributed by atoms with E-state index in [9.17, 15) is 4.39 Å². The van der Waals surface area contributed by atoms with Crippen LogP contribution in [0.25, 0.3) is 21.9 Å². The largest absolute Gasteiger partial charge is 0.345 e. The maximum Gasteiger partial charge on any atom is 0.142 e. The molecule has 0 atom stereocenters. The molecule has 0 fully saturated rings. The van der Waals surface area contributed by atoms with Crippen LogP contribution in [0.4, 0.5) is 4.39 Å². The minimum absolute atomic E-state index is 0.293. The van der Waals surface area contributed by atoms with Gasteiger partial charge in [-0.15, -0.1) is 0 Å². The lowest BCUT2D eigenvalue weighted by molar-refractivity contribution is 0.314. The molecule has 4 heterocycles. The Bertz CT molecular complexity index is 1160. The zero-order chi connectivity index (χ0) is 21.3. The van der Waals surface area contributed by atoms with Gasteiger partial charge in [0.15, 0.2) is 0 Å². The van der Waals surface area contributed by atoms with E-state index >= 15 is 0 Å². The number of aryl methyl sites for hydroxylation is 1. The monoisotopic (exact) mass is 408 g/mol. The van der Waals surface area contributed by atoms with E-state index in [1.165, 1.54) is 11.6 Å². The summed E-state index contributed by atoms with van der Waals surface area (Å²) in [4.78, 5) is 13.2. The summed E-state index contributed by atoms with van der Waals surface area (Å²) in [5, 5.41) is 2.11. The van der Waals surface area contributed by atoms with Crippen LogP contribution in [0.5, 0.6) is 0 Å². The number of halogens is 1. The highest BCUT2D eigenvalue weighted by Crippen LogP contribution is 2.22. The van der Waals surface area contributed by atoms with Crippen molar-refractivity contribution in [3.63, 3.8) is 0 Å². The molecule has 0 unspecified atom stereocenters. The molecule has 0 saturated heterocycles. The Hall–Kier alpha value is -2.77. The highest BCUT2D eigenvalue weighted by Gasteiger charge is 2.13. The topological polar surface area (TPSA) is 42.1 Å². The van der Waals surface area contributed by atoms with Crippen molar-refractivity contribution in [2.75, 3.05) is 34.2 Å². The standard InChI is InChI=1S/C23H29FN6/c1-17-11-18-5-6-29(22(18)14-25-17)10-8-28(4)15-19-16-30(9-7-27(2)3)23-21(19)12-20(24)13-26-23/h5-6,11-14,16H,7-10,15H2,1-4H3. The van der Waals surface area contributed by atoms with E-state index in [1.807, 2.05) is 13.1 Å². The number of rotatable bonds is 8. The average Bonchev–Trinajstić information content (AvgIpc) is 3.25. The van der Waals surface area contributed by atoms with Crippen LogP contribution in [0.3, 0.4) is 0 Å². The minimum atomic E-state index is -0.293. The first-order valence-electron chi connectivity index (χ1n) is 10.3. The van der Waals surface area contributed by atoms with E-state index in [-0.39, 0.29) is 5.82 Å². The van der Waals surface area contributed by atoms with Gasteiger partial charge < -0.3 is 18.9 Å². The molecule has 0 spiro atoms.